The van der Waals surface area contributed by atoms with Gasteiger partial charge in [0.05, 0.1) is 12.5 Å². The summed E-state index contributed by atoms with van der Waals surface area (Å²) in [6.45, 7) is 0. The number of imidazole rings is 1. The Kier molecular flexibility index (Phi) is 4.01. The molecule has 0 fully saturated rings. The molecule has 3 heterocycles. The predicted octanol–water partition coefficient (Wildman–Crippen LogP) is 3.04. The van der Waals surface area contributed by atoms with E-state index in [1.807, 2.05) is 35.0 Å². The summed E-state index contributed by atoms with van der Waals surface area (Å²) in [6.07, 6.45) is 10.1. The molecular formula is C17H12N6OS. The topological polar surface area (TPSA) is 85.6 Å². The molecule has 0 atom stereocenters. The van der Waals surface area contributed by atoms with Crippen molar-refractivity contribution in [2.24, 2.45) is 0 Å². The molecule has 1 N–H and O–H groups in total. The van der Waals surface area contributed by atoms with Crippen LogP contribution in [0.2, 0.25) is 0 Å². The molecule has 0 aliphatic carbocycles. The van der Waals surface area contributed by atoms with Gasteiger partial charge in [-0.05, 0) is 24.3 Å². The lowest BCUT2D eigenvalue weighted by Gasteiger charge is -2.06. The second kappa shape index (κ2) is 6.62. The fourth-order valence-corrected chi connectivity index (χ4v) is 3.00. The van der Waals surface area contributed by atoms with Crippen LogP contribution in [0.1, 0.15) is 9.67 Å². The van der Waals surface area contributed by atoms with E-state index in [2.05, 4.69) is 25.3 Å². The van der Waals surface area contributed by atoms with E-state index in [9.17, 15) is 4.79 Å². The second-order valence-electron chi connectivity index (χ2n) is 5.08. The Hall–Kier alpha value is -3.39. The molecule has 4 aromatic rings. The summed E-state index contributed by atoms with van der Waals surface area (Å²) in [6, 6.07) is 9.26. The fourth-order valence-electron chi connectivity index (χ4n) is 2.24. The maximum atomic E-state index is 12.5. The number of carbonyl (C=O) groups is 1. The van der Waals surface area contributed by atoms with Gasteiger partial charge in [0.15, 0.2) is 10.8 Å². The number of nitrogens with one attached hydrogen (secondary N) is 1. The Bertz CT molecular complexity index is 997. The van der Waals surface area contributed by atoms with E-state index < -0.39 is 0 Å². The molecule has 1 aromatic carbocycles. The van der Waals surface area contributed by atoms with Crippen molar-refractivity contribution in [3.05, 3.63) is 72.5 Å². The minimum Gasteiger partial charge on any atom is -0.321 e. The van der Waals surface area contributed by atoms with Gasteiger partial charge in [-0.1, -0.05) is 6.07 Å². The van der Waals surface area contributed by atoms with Gasteiger partial charge in [0.1, 0.15) is 4.88 Å². The first-order valence-electron chi connectivity index (χ1n) is 7.42. The largest absolute Gasteiger partial charge is 0.321 e. The maximum Gasteiger partial charge on any atom is 0.267 e. The average molecular weight is 348 g/mol. The molecular weight excluding hydrogens is 336 g/mol. The highest BCUT2D eigenvalue weighted by Crippen LogP contribution is 2.23. The van der Waals surface area contributed by atoms with E-state index in [0.29, 0.717) is 21.4 Å². The van der Waals surface area contributed by atoms with E-state index in [1.165, 1.54) is 17.5 Å². The Labute approximate surface area is 147 Å². The lowest BCUT2D eigenvalue weighted by molar-refractivity contribution is 0.103. The summed E-state index contributed by atoms with van der Waals surface area (Å²) >= 11 is 1.25. The van der Waals surface area contributed by atoms with Gasteiger partial charge in [-0.2, -0.15) is 0 Å². The van der Waals surface area contributed by atoms with Gasteiger partial charge in [0.25, 0.3) is 5.91 Å². The Morgan fingerprint density at radius 2 is 1.96 bits per heavy atom. The van der Waals surface area contributed by atoms with Gasteiger partial charge in [0, 0.05) is 36.2 Å². The number of benzene rings is 1. The lowest BCUT2D eigenvalue weighted by atomic mass is 10.2. The van der Waals surface area contributed by atoms with E-state index in [-0.39, 0.29) is 5.91 Å². The molecule has 8 heteroatoms. The molecule has 0 radical (unpaired) electrons. The smallest absolute Gasteiger partial charge is 0.267 e. The van der Waals surface area contributed by atoms with Crippen LogP contribution in [-0.4, -0.2) is 30.4 Å². The van der Waals surface area contributed by atoms with Gasteiger partial charge in [0.2, 0.25) is 0 Å². The predicted molar refractivity (Wildman–Crippen MR) is 94.7 cm³/mol. The first-order valence-corrected chi connectivity index (χ1v) is 8.24. The first kappa shape index (κ1) is 15.2. The van der Waals surface area contributed by atoms with Crippen LogP contribution < -0.4 is 5.32 Å². The summed E-state index contributed by atoms with van der Waals surface area (Å²) in [5, 5.41) is 3.49. The zero-order valence-electron chi connectivity index (χ0n) is 12.9. The van der Waals surface area contributed by atoms with Crippen molar-refractivity contribution in [1.82, 2.24) is 24.5 Å². The Balaban J connectivity index is 1.53. The maximum absolute atomic E-state index is 12.5. The number of amides is 1. The van der Waals surface area contributed by atoms with Crippen molar-refractivity contribution in [2.45, 2.75) is 0 Å². The van der Waals surface area contributed by atoms with Gasteiger partial charge in [-0.3, -0.25) is 4.79 Å². The van der Waals surface area contributed by atoms with Gasteiger partial charge in [-0.15, -0.1) is 11.3 Å². The molecule has 0 spiro atoms. The highest BCUT2D eigenvalue weighted by Gasteiger charge is 2.13. The van der Waals surface area contributed by atoms with Crippen molar-refractivity contribution < 1.29 is 4.79 Å². The van der Waals surface area contributed by atoms with Crippen LogP contribution in [0.5, 0.6) is 0 Å². The van der Waals surface area contributed by atoms with Crippen molar-refractivity contribution in [3.8, 4) is 16.5 Å². The molecule has 0 bridgehead atoms. The summed E-state index contributed by atoms with van der Waals surface area (Å²) < 4.78 is 1.87. The van der Waals surface area contributed by atoms with E-state index in [0.717, 1.165) is 5.69 Å². The van der Waals surface area contributed by atoms with Crippen molar-refractivity contribution in [1.29, 1.82) is 0 Å². The van der Waals surface area contributed by atoms with Crippen LogP contribution in [0.3, 0.4) is 0 Å². The standard InChI is InChI=1S/C17H12N6OS/c24-16(14-10-21-17(25-14)15-19-5-2-6-20-15)22-12-3-1-4-13(9-12)23-8-7-18-11-23/h1-11H,(H,22,24). The quantitative estimate of drug-likeness (QED) is 0.613. The summed E-state index contributed by atoms with van der Waals surface area (Å²) in [4.78, 5) is 29.5. The van der Waals surface area contributed by atoms with Crippen molar-refractivity contribution in [2.75, 3.05) is 5.32 Å². The van der Waals surface area contributed by atoms with Crippen LogP contribution in [0.15, 0.2) is 67.6 Å². The molecule has 122 valence electrons. The number of hydrogen-bond acceptors (Lipinski definition) is 6. The third-order valence-electron chi connectivity index (χ3n) is 3.39. The summed E-state index contributed by atoms with van der Waals surface area (Å²) in [5.74, 6) is 0.288. The molecule has 4 rings (SSSR count). The molecule has 0 aliphatic rings. The number of aromatic nitrogens is 5. The van der Waals surface area contributed by atoms with Crippen molar-refractivity contribution >= 4 is 22.9 Å². The van der Waals surface area contributed by atoms with Crippen LogP contribution in [-0.2, 0) is 0 Å². The van der Waals surface area contributed by atoms with Crippen LogP contribution >= 0.6 is 11.3 Å². The highest BCUT2D eigenvalue weighted by atomic mass is 32.1. The van der Waals surface area contributed by atoms with E-state index >= 15 is 0 Å². The molecule has 0 aliphatic heterocycles. The first-order chi connectivity index (χ1) is 12.3. The van der Waals surface area contributed by atoms with Gasteiger partial charge in [-0.25, -0.2) is 19.9 Å². The molecule has 25 heavy (non-hydrogen) atoms. The summed E-state index contributed by atoms with van der Waals surface area (Å²) in [7, 11) is 0. The molecule has 0 saturated heterocycles. The molecule has 3 aromatic heterocycles. The highest BCUT2D eigenvalue weighted by molar-refractivity contribution is 7.16. The molecule has 0 unspecified atom stereocenters. The van der Waals surface area contributed by atoms with Crippen molar-refractivity contribution in [3.63, 3.8) is 0 Å². The number of anilines is 1. The fraction of sp³-hybridized carbons (Fsp3) is 0. The number of carbonyl (C=O) groups excluding carboxylic acids is 1. The minimum absolute atomic E-state index is 0.220. The zero-order chi connectivity index (χ0) is 17.1. The monoisotopic (exact) mass is 348 g/mol. The number of hydrogen-bond donors (Lipinski definition) is 1. The molecule has 1 amide bonds. The summed E-state index contributed by atoms with van der Waals surface area (Å²) in [5.41, 5.74) is 1.61. The van der Waals surface area contributed by atoms with Gasteiger partial charge < -0.3 is 9.88 Å². The van der Waals surface area contributed by atoms with E-state index in [1.54, 1.807) is 31.0 Å². The Morgan fingerprint density at radius 1 is 1.08 bits per heavy atom. The van der Waals surface area contributed by atoms with Crippen LogP contribution in [0.25, 0.3) is 16.5 Å². The normalized spacial score (nSPS) is 10.6. The van der Waals surface area contributed by atoms with E-state index in [4.69, 9.17) is 0 Å². The van der Waals surface area contributed by atoms with Gasteiger partial charge >= 0.3 is 0 Å². The third-order valence-corrected chi connectivity index (χ3v) is 4.39. The molecule has 0 saturated carbocycles. The van der Waals surface area contributed by atoms with Crippen LogP contribution in [0, 0.1) is 0 Å². The Morgan fingerprint density at radius 3 is 2.76 bits per heavy atom. The number of rotatable bonds is 4. The minimum atomic E-state index is -0.220. The third kappa shape index (κ3) is 3.29. The lowest BCUT2D eigenvalue weighted by Crippen LogP contribution is -2.10. The van der Waals surface area contributed by atoms with Crippen LogP contribution in [0.4, 0.5) is 5.69 Å². The second-order valence-corrected chi connectivity index (χ2v) is 6.11. The SMILES string of the molecule is O=C(Nc1cccc(-n2ccnc2)c1)c1cnc(-c2ncccn2)s1. The average Bonchev–Trinajstić information content (AvgIpc) is 3.35. The number of nitrogens with zero attached hydrogens (tertiary/aromatic N) is 5. The number of thiazole rings is 1. The zero-order valence-corrected chi connectivity index (χ0v) is 13.7. The molecule has 7 nitrogen and oxygen atoms in total.